The van der Waals surface area contributed by atoms with Crippen LogP contribution >= 0.6 is 0 Å². The number of hydrogen-bond donors (Lipinski definition) is 1. The minimum absolute atomic E-state index is 0.0731. The van der Waals surface area contributed by atoms with Gasteiger partial charge in [0, 0.05) is 19.5 Å². The van der Waals surface area contributed by atoms with Gasteiger partial charge in [0.1, 0.15) is 0 Å². The normalized spacial score (nSPS) is 14.2. The third kappa shape index (κ3) is 2.93. The molecule has 1 aliphatic carbocycles. The maximum Gasteiger partial charge on any atom is 0.267 e. The van der Waals surface area contributed by atoms with Crippen LogP contribution in [0, 0.1) is 0 Å². The molecule has 0 aliphatic heterocycles. The van der Waals surface area contributed by atoms with E-state index in [0.717, 1.165) is 36.9 Å². The standard InChI is InChI=1S/C12H17N3O2/c1-9(16)13-6-7-15-12(17)8-10-4-2-3-5-11(10)14-15/h8H,2-7H2,1H3,(H,13,16). The number of nitrogens with zero attached hydrogens (tertiary/aromatic N) is 2. The van der Waals surface area contributed by atoms with Crippen LogP contribution in [0.1, 0.15) is 31.0 Å². The van der Waals surface area contributed by atoms with Gasteiger partial charge in [-0.3, -0.25) is 9.59 Å². The summed E-state index contributed by atoms with van der Waals surface area (Å²) in [6.07, 6.45) is 4.20. The van der Waals surface area contributed by atoms with Gasteiger partial charge in [-0.2, -0.15) is 5.10 Å². The first-order valence-electron chi connectivity index (χ1n) is 6.01. The van der Waals surface area contributed by atoms with E-state index in [1.165, 1.54) is 11.6 Å². The number of amides is 1. The van der Waals surface area contributed by atoms with E-state index in [1.807, 2.05) is 0 Å². The van der Waals surface area contributed by atoms with Crippen molar-refractivity contribution in [3.05, 3.63) is 27.7 Å². The van der Waals surface area contributed by atoms with E-state index in [9.17, 15) is 9.59 Å². The van der Waals surface area contributed by atoms with Crippen LogP contribution in [0.5, 0.6) is 0 Å². The molecule has 0 atom stereocenters. The summed E-state index contributed by atoms with van der Waals surface area (Å²) in [7, 11) is 0. The summed E-state index contributed by atoms with van der Waals surface area (Å²) >= 11 is 0. The lowest BCUT2D eigenvalue weighted by Gasteiger charge is -2.15. The van der Waals surface area contributed by atoms with Gasteiger partial charge in [-0.05, 0) is 31.2 Å². The molecular weight excluding hydrogens is 218 g/mol. The van der Waals surface area contributed by atoms with Crippen LogP contribution in [-0.2, 0) is 24.2 Å². The Bertz CT molecular complexity index is 479. The summed E-state index contributed by atoms with van der Waals surface area (Å²) in [6, 6.07) is 1.69. The molecule has 0 spiro atoms. The van der Waals surface area contributed by atoms with Crippen LogP contribution in [0.15, 0.2) is 10.9 Å². The van der Waals surface area contributed by atoms with E-state index in [4.69, 9.17) is 0 Å². The van der Waals surface area contributed by atoms with Crippen molar-refractivity contribution in [3.8, 4) is 0 Å². The quantitative estimate of drug-likeness (QED) is 0.817. The zero-order chi connectivity index (χ0) is 12.3. The van der Waals surface area contributed by atoms with Gasteiger partial charge in [-0.15, -0.1) is 0 Å². The van der Waals surface area contributed by atoms with Crippen LogP contribution < -0.4 is 10.9 Å². The number of aromatic nitrogens is 2. The lowest BCUT2D eigenvalue weighted by Crippen LogP contribution is -2.32. The molecule has 0 radical (unpaired) electrons. The van der Waals surface area contributed by atoms with E-state index in [-0.39, 0.29) is 11.5 Å². The first-order chi connectivity index (χ1) is 8.16. The highest BCUT2D eigenvalue weighted by Gasteiger charge is 2.12. The average Bonchev–Trinajstić information content (AvgIpc) is 2.29. The van der Waals surface area contributed by atoms with E-state index in [2.05, 4.69) is 10.4 Å². The fourth-order valence-corrected chi connectivity index (χ4v) is 2.10. The van der Waals surface area contributed by atoms with Gasteiger partial charge in [-0.25, -0.2) is 4.68 Å². The Labute approximate surface area is 99.8 Å². The van der Waals surface area contributed by atoms with Crippen LogP contribution in [0.25, 0.3) is 0 Å². The summed E-state index contributed by atoms with van der Waals surface area (Å²) in [5.41, 5.74) is 2.06. The fraction of sp³-hybridized carbons (Fsp3) is 0.583. The summed E-state index contributed by atoms with van der Waals surface area (Å²) in [5, 5.41) is 7.03. The topological polar surface area (TPSA) is 64.0 Å². The molecule has 0 saturated carbocycles. The number of carbonyl (C=O) groups excluding carboxylic acids is 1. The molecule has 5 heteroatoms. The van der Waals surface area contributed by atoms with Crippen molar-refractivity contribution in [2.24, 2.45) is 0 Å². The summed E-state index contributed by atoms with van der Waals surface area (Å²) < 4.78 is 1.44. The van der Waals surface area contributed by atoms with Crippen molar-refractivity contribution in [3.63, 3.8) is 0 Å². The second-order valence-corrected chi connectivity index (χ2v) is 4.37. The molecule has 17 heavy (non-hydrogen) atoms. The van der Waals surface area contributed by atoms with E-state index >= 15 is 0 Å². The Hall–Kier alpha value is -1.65. The predicted molar refractivity (Wildman–Crippen MR) is 63.8 cm³/mol. The molecule has 1 aliphatic rings. The van der Waals surface area contributed by atoms with Crippen molar-refractivity contribution >= 4 is 5.91 Å². The van der Waals surface area contributed by atoms with E-state index < -0.39 is 0 Å². The average molecular weight is 235 g/mol. The SMILES string of the molecule is CC(=O)NCCn1nc2c(cc1=O)CCCC2. The first-order valence-corrected chi connectivity index (χ1v) is 6.01. The molecule has 2 rings (SSSR count). The number of fused-ring (bicyclic) bond motifs is 1. The van der Waals surface area contributed by atoms with Crippen molar-refractivity contribution in [1.82, 2.24) is 15.1 Å². The molecule has 0 fully saturated rings. The third-order valence-electron chi connectivity index (χ3n) is 2.97. The fourth-order valence-electron chi connectivity index (χ4n) is 2.10. The first kappa shape index (κ1) is 11.8. The van der Waals surface area contributed by atoms with Gasteiger partial charge in [-0.1, -0.05) is 0 Å². The third-order valence-corrected chi connectivity index (χ3v) is 2.97. The number of carbonyl (C=O) groups is 1. The van der Waals surface area contributed by atoms with Crippen LogP contribution in [0.3, 0.4) is 0 Å². The minimum atomic E-state index is -0.0870. The second-order valence-electron chi connectivity index (χ2n) is 4.37. The Balaban J connectivity index is 2.12. The molecule has 1 heterocycles. The highest BCUT2D eigenvalue weighted by Crippen LogP contribution is 2.16. The molecule has 0 aromatic carbocycles. The summed E-state index contributed by atoms with van der Waals surface area (Å²) in [5.74, 6) is -0.0870. The molecule has 92 valence electrons. The lowest BCUT2D eigenvalue weighted by atomic mass is 9.97. The van der Waals surface area contributed by atoms with Crippen molar-refractivity contribution in [2.45, 2.75) is 39.2 Å². The largest absolute Gasteiger partial charge is 0.354 e. The van der Waals surface area contributed by atoms with Gasteiger partial charge in [0.2, 0.25) is 5.91 Å². The highest BCUT2D eigenvalue weighted by molar-refractivity contribution is 5.72. The molecule has 1 aromatic heterocycles. The molecule has 0 unspecified atom stereocenters. The molecule has 1 amide bonds. The molecule has 1 aromatic rings. The maximum atomic E-state index is 11.8. The van der Waals surface area contributed by atoms with Crippen molar-refractivity contribution < 1.29 is 4.79 Å². The van der Waals surface area contributed by atoms with Gasteiger partial charge in [0.05, 0.1) is 12.2 Å². The van der Waals surface area contributed by atoms with Gasteiger partial charge in [0.15, 0.2) is 0 Å². The summed E-state index contributed by atoms with van der Waals surface area (Å²) in [4.78, 5) is 22.5. The van der Waals surface area contributed by atoms with E-state index in [0.29, 0.717) is 13.1 Å². The zero-order valence-corrected chi connectivity index (χ0v) is 10.0. The van der Waals surface area contributed by atoms with Gasteiger partial charge in [0.25, 0.3) is 5.56 Å². The number of rotatable bonds is 3. The number of nitrogens with one attached hydrogen (secondary N) is 1. The van der Waals surface area contributed by atoms with Gasteiger partial charge < -0.3 is 5.32 Å². The highest BCUT2D eigenvalue weighted by atomic mass is 16.1. The Morgan fingerprint density at radius 3 is 3.00 bits per heavy atom. The smallest absolute Gasteiger partial charge is 0.267 e. The van der Waals surface area contributed by atoms with Crippen LogP contribution in [0.4, 0.5) is 0 Å². The Morgan fingerprint density at radius 1 is 1.47 bits per heavy atom. The van der Waals surface area contributed by atoms with Gasteiger partial charge >= 0.3 is 0 Å². The Kier molecular flexibility index (Phi) is 3.56. The molecule has 5 nitrogen and oxygen atoms in total. The molecule has 0 bridgehead atoms. The minimum Gasteiger partial charge on any atom is -0.354 e. The molecule has 0 saturated heterocycles. The van der Waals surface area contributed by atoms with Crippen molar-refractivity contribution in [2.75, 3.05) is 6.54 Å². The number of aryl methyl sites for hydroxylation is 2. The van der Waals surface area contributed by atoms with E-state index in [1.54, 1.807) is 6.07 Å². The second kappa shape index (κ2) is 5.12. The summed E-state index contributed by atoms with van der Waals surface area (Å²) in [6.45, 7) is 2.34. The predicted octanol–water partition coefficient (Wildman–Crippen LogP) is 0.258. The monoisotopic (exact) mass is 235 g/mol. The van der Waals surface area contributed by atoms with Crippen LogP contribution in [-0.4, -0.2) is 22.2 Å². The van der Waals surface area contributed by atoms with Crippen molar-refractivity contribution in [1.29, 1.82) is 0 Å². The zero-order valence-electron chi connectivity index (χ0n) is 10.0. The molecular formula is C12H17N3O2. The Morgan fingerprint density at radius 2 is 2.24 bits per heavy atom. The maximum absolute atomic E-state index is 11.8. The van der Waals surface area contributed by atoms with Crippen LogP contribution in [0.2, 0.25) is 0 Å². The lowest BCUT2D eigenvalue weighted by molar-refractivity contribution is -0.118. The number of hydrogen-bond acceptors (Lipinski definition) is 3. The molecule has 1 N–H and O–H groups in total.